The van der Waals surface area contributed by atoms with Crippen molar-refractivity contribution in [2.24, 2.45) is 0 Å². The zero-order valence-corrected chi connectivity index (χ0v) is 15.9. The van der Waals surface area contributed by atoms with Crippen LogP contribution in [0.5, 0.6) is 11.5 Å². The van der Waals surface area contributed by atoms with E-state index in [1.54, 1.807) is 6.07 Å². The minimum atomic E-state index is -3.39. The molecule has 0 saturated heterocycles. The van der Waals surface area contributed by atoms with Crippen molar-refractivity contribution in [2.75, 3.05) is 24.4 Å². The van der Waals surface area contributed by atoms with Gasteiger partial charge in [-0.15, -0.1) is 0 Å². The van der Waals surface area contributed by atoms with E-state index in [-0.39, 0.29) is 18.3 Å². The van der Waals surface area contributed by atoms with Crippen LogP contribution in [0.4, 0.5) is 28.9 Å². The second-order valence-corrected chi connectivity index (χ2v) is 6.40. The van der Waals surface area contributed by atoms with E-state index in [1.165, 1.54) is 7.11 Å². The van der Waals surface area contributed by atoms with Crippen molar-refractivity contribution in [1.82, 2.24) is 5.32 Å². The Labute approximate surface area is 164 Å². The van der Waals surface area contributed by atoms with Crippen LogP contribution >= 0.6 is 0 Å². The molecule has 2 aromatic carbocycles. The Morgan fingerprint density at radius 1 is 1.28 bits per heavy atom. The van der Waals surface area contributed by atoms with Gasteiger partial charge < -0.3 is 25.0 Å². The number of nitrogens with zero attached hydrogens (tertiary/aromatic N) is 1. The van der Waals surface area contributed by atoms with Gasteiger partial charge >= 0.3 is 6.61 Å². The topological polar surface area (TPSA) is 62.8 Å². The van der Waals surface area contributed by atoms with Crippen LogP contribution in [0.1, 0.15) is 22.8 Å². The molecule has 1 unspecified atom stereocenters. The number of rotatable bonds is 6. The van der Waals surface area contributed by atoms with Gasteiger partial charge in [0, 0.05) is 24.7 Å². The zero-order valence-electron chi connectivity index (χ0n) is 15.9. The number of nitrogens with one attached hydrogen (secondary N) is 2. The third-order valence-corrected chi connectivity index (χ3v) is 4.65. The van der Waals surface area contributed by atoms with Crippen molar-refractivity contribution < 1.29 is 31.8 Å². The molecule has 0 fully saturated rings. The van der Waals surface area contributed by atoms with Crippen LogP contribution in [0.2, 0.25) is 0 Å². The molecule has 156 valence electrons. The highest BCUT2D eigenvalue weighted by molar-refractivity contribution is 5.94. The van der Waals surface area contributed by atoms with Gasteiger partial charge in [-0.05, 0) is 31.2 Å². The number of carbonyl (C=O) groups is 1. The van der Waals surface area contributed by atoms with E-state index < -0.39 is 29.9 Å². The number of hydrogen-bond acceptors (Lipinski definition) is 5. The molecule has 29 heavy (non-hydrogen) atoms. The maximum absolute atomic E-state index is 13.9. The Kier molecular flexibility index (Phi) is 5.71. The van der Waals surface area contributed by atoms with Crippen LogP contribution in [0, 0.1) is 11.6 Å². The first-order valence-electron chi connectivity index (χ1n) is 8.64. The molecular formula is C19H19F4N3O3. The highest BCUT2D eigenvalue weighted by atomic mass is 19.3. The lowest BCUT2D eigenvalue weighted by Gasteiger charge is -2.21. The van der Waals surface area contributed by atoms with Crippen molar-refractivity contribution in [1.29, 1.82) is 0 Å². The number of fused-ring (bicyclic) bond motifs is 1. The summed E-state index contributed by atoms with van der Waals surface area (Å²) in [6.07, 6.45) is 0.0251. The molecule has 1 heterocycles. The predicted molar refractivity (Wildman–Crippen MR) is 98.6 cm³/mol. The molecule has 6 nitrogen and oxygen atoms in total. The van der Waals surface area contributed by atoms with Crippen molar-refractivity contribution in [3.05, 3.63) is 47.0 Å². The summed E-state index contributed by atoms with van der Waals surface area (Å²) in [5, 5.41) is 5.85. The number of hydrogen-bond donors (Lipinski definition) is 2. The number of ether oxygens (including phenoxy) is 2. The first-order chi connectivity index (χ1) is 13.7. The van der Waals surface area contributed by atoms with E-state index >= 15 is 0 Å². The number of amides is 1. The van der Waals surface area contributed by atoms with Crippen LogP contribution in [-0.2, 0) is 6.54 Å². The molecule has 0 bridgehead atoms. The first kappa shape index (κ1) is 20.6. The molecule has 1 aliphatic rings. The van der Waals surface area contributed by atoms with Gasteiger partial charge in [-0.2, -0.15) is 8.78 Å². The third-order valence-electron chi connectivity index (χ3n) is 4.65. The minimum absolute atomic E-state index is 0.0163. The van der Waals surface area contributed by atoms with E-state index in [4.69, 9.17) is 4.74 Å². The Hall–Kier alpha value is -3.17. The largest absolute Gasteiger partial charge is 0.496 e. The molecule has 0 aliphatic carbocycles. The second-order valence-electron chi connectivity index (χ2n) is 6.40. The highest BCUT2D eigenvalue weighted by Crippen LogP contribution is 2.41. The molecule has 1 amide bonds. The van der Waals surface area contributed by atoms with E-state index in [1.807, 2.05) is 24.9 Å². The van der Waals surface area contributed by atoms with Gasteiger partial charge in [0.15, 0.2) is 17.4 Å². The molecule has 0 radical (unpaired) electrons. The lowest BCUT2D eigenvalue weighted by atomic mass is 10.1. The Morgan fingerprint density at radius 2 is 1.93 bits per heavy atom. The lowest BCUT2D eigenvalue weighted by Crippen LogP contribution is -2.30. The third kappa shape index (κ3) is 4.01. The van der Waals surface area contributed by atoms with Gasteiger partial charge in [0.2, 0.25) is 0 Å². The molecule has 0 spiro atoms. The van der Waals surface area contributed by atoms with Gasteiger partial charge in [0.05, 0.1) is 24.7 Å². The quantitative estimate of drug-likeness (QED) is 0.707. The average molecular weight is 413 g/mol. The molecule has 3 rings (SSSR count). The fraction of sp³-hybridized carbons (Fsp3) is 0.316. The molecule has 1 atom stereocenters. The first-order valence-corrected chi connectivity index (χ1v) is 8.64. The molecule has 0 saturated carbocycles. The van der Waals surface area contributed by atoms with Gasteiger partial charge in [0.1, 0.15) is 5.75 Å². The number of benzene rings is 2. The number of anilines is 2. The average Bonchev–Trinajstić information content (AvgIpc) is 2.96. The number of carbonyl (C=O) groups excluding carboxylic acids is 1. The standard InChI is InChI=1S/C19H19F4N3O3/c1-9-25-14-4-5-15(28-3)11(16(14)26(9)2)8-24-18(27)10-6-12(20)17(13(21)7-10)29-19(22)23/h4-7,9,19,25H,8H2,1-3H3,(H,24,27). The van der Waals surface area contributed by atoms with Crippen molar-refractivity contribution in [2.45, 2.75) is 26.2 Å². The molecule has 0 aromatic heterocycles. The highest BCUT2D eigenvalue weighted by Gasteiger charge is 2.27. The van der Waals surface area contributed by atoms with Crippen molar-refractivity contribution >= 4 is 17.3 Å². The zero-order chi connectivity index (χ0) is 21.3. The lowest BCUT2D eigenvalue weighted by molar-refractivity contribution is -0.0546. The molecule has 2 aromatic rings. The van der Waals surface area contributed by atoms with Gasteiger partial charge in [-0.25, -0.2) is 8.78 Å². The van der Waals surface area contributed by atoms with Crippen molar-refractivity contribution in [3.8, 4) is 11.5 Å². The fourth-order valence-corrected chi connectivity index (χ4v) is 3.18. The Morgan fingerprint density at radius 3 is 2.52 bits per heavy atom. The number of alkyl halides is 2. The summed E-state index contributed by atoms with van der Waals surface area (Å²) in [6, 6.07) is 4.87. The maximum atomic E-state index is 13.9. The molecular weight excluding hydrogens is 394 g/mol. The van der Waals surface area contributed by atoms with E-state index in [0.29, 0.717) is 23.4 Å². The summed E-state index contributed by atoms with van der Waals surface area (Å²) in [4.78, 5) is 14.4. The smallest absolute Gasteiger partial charge is 0.387 e. The fourth-order valence-electron chi connectivity index (χ4n) is 3.18. The maximum Gasteiger partial charge on any atom is 0.387 e. The Bertz CT molecular complexity index is 916. The van der Waals surface area contributed by atoms with Crippen LogP contribution in [0.15, 0.2) is 24.3 Å². The van der Waals surface area contributed by atoms with Crippen LogP contribution in [0.3, 0.4) is 0 Å². The molecule has 10 heteroatoms. The molecule has 1 aliphatic heterocycles. The molecule has 2 N–H and O–H groups in total. The van der Waals surface area contributed by atoms with E-state index in [2.05, 4.69) is 15.4 Å². The summed E-state index contributed by atoms with van der Waals surface area (Å²) in [6.45, 7) is -1.41. The summed E-state index contributed by atoms with van der Waals surface area (Å²) in [5.74, 6) is -4.28. The van der Waals surface area contributed by atoms with Crippen LogP contribution in [-0.4, -0.2) is 32.8 Å². The predicted octanol–water partition coefficient (Wildman–Crippen LogP) is 3.71. The second kappa shape index (κ2) is 8.06. The monoisotopic (exact) mass is 413 g/mol. The summed E-state index contributed by atoms with van der Waals surface area (Å²) in [5.41, 5.74) is 2.00. The summed E-state index contributed by atoms with van der Waals surface area (Å²) in [7, 11) is 3.37. The Balaban J connectivity index is 1.83. The van der Waals surface area contributed by atoms with Gasteiger partial charge in [-0.1, -0.05) is 0 Å². The van der Waals surface area contributed by atoms with Crippen LogP contribution < -0.4 is 25.0 Å². The normalized spacial score (nSPS) is 15.2. The van der Waals surface area contributed by atoms with Gasteiger partial charge in [-0.3, -0.25) is 4.79 Å². The summed E-state index contributed by atoms with van der Waals surface area (Å²) >= 11 is 0. The summed E-state index contributed by atoms with van der Waals surface area (Å²) < 4.78 is 61.4. The van der Waals surface area contributed by atoms with E-state index in [0.717, 1.165) is 11.4 Å². The van der Waals surface area contributed by atoms with Gasteiger partial charge in [0.25, 0.3) is 5.91 Å². The van der Waals surface area contributed by atoms with E-state index in [9.17, 15) is 22.4 Å². The number of methoxy groups -OCH3 is 1. The van der Waals surface area contributed by atoms with Crippen LogP contribution in [0.25, 0.3) is 0 Å². The van der Waals surface area contributed by atoms with Crippen molar-refractivity contribution in [3.63, 3.8) is 0 Å². The minimum Gasteiger partial charge on any atom is -0.496 e. The number of halogens is 4. The SMILES string of the molecule is COc1ccc2c(c1CNC(=O)c1cc(F)c(OC(F)F)c(F)c1)N(C)C(C)N2.